The van der Waals surface area contributed by atoms with Gasteiger partial charge >= 0.3 is 12.1 Å². The second kappa shape index (κ2) is 9.99. The molecule has 0 saturated heterocycles. The molecule has 0 atom stereocenters. The summed E-state index contributed by atoms with van der Waals surface area (Å²) in [6.45, 7) is 0.00853. The number of carboxylic acids is 1. The maximum Gasteiger partial charge on any atom is 0.411 e. The largest absolute Gasteiger partial charge is 0.478 e. The van der Waals surface area contributed by atoms with Crippen LogP contribution < -0.4 is 10.6 Å². The number of hydrogen-bond acceptors (Lipinski definition) is 4. The third kappa shape index (κ3) is 4.96. The van der Waals surface area contributed by atoms with Gasteiger partial charge in [0, 0.05) is 18.5 Å². The smallest absolute Gasteiger partial charge is 0.411 e. The van der Waals surface area contributed by atoms with Gasteiger partial charge < -0.3 is 15.2 Å². The first-order valence-corrected chi connectivity index (χ1v) is 10.5. The van der Waals surface area contributed by atoms with Gasteiger partial charge in [0.1, 0.15) is 12.4 Å². The van der Waals surface area contributed by atoms with E-state index in [1.54, 1.807) is 0 Å². The van der Waals surface area contributed by atoms with Crippen LogP contribution in [-0.4, -0.2) is 36.2 Å². The lowest BCUT2D eigenvalue weighted by molar-refractivity contribution is -0.131. The summed E-state index contributed by atoms with van der Waals surface area (Å²) in [5.41, 5.74) is 4.28. The lowest BCUT2D eigenvalue weighted by atomic mass is 9.98. The summed E-state index contributed by atoms with van der Waals surface area (Å²) in [4.78, 5) is 35.5. The molecule has 4 rings (SSSR count). The SMILES string of the molecule is O=C(O)/C=C/CNC(=O)c1cc(F)ccc1NC(=O)OCC1c2ccccc2-c2ccccc21. The number of ether oxygens (including phenoxy) is 1. The highest BCUT2D eigenvalue weighted by Crippen LogP contribution is 2.44. The molecule has 3 aromatic rings. The zero-order valence-corrected chi connectivity index (χ0v) is 18.0. The number of carbonyl (C=O) groups excluding carboxylic acids is 2. The van der Waals surface area contributed by atoms with E-state index in [4.69, 9.17) is 9.84 Å². The van der Waals surface area contributed by atoms with Gasteiger partial charge in [-0.2, -0.15) is 0 Å². The Bertz CT molecular complexity index is 1240. The number of anilines is 1. The first-order valence-electron chi connectivity index (χ1n) is 10.5. The summed E-state index contributed by atoms with van der Waals surface area (Å²) in [5, 5.41) is 13.5. The van der Waals surface area contributed by atoms with E-state index in [1.807, 2.05) is 48.5 Å². The Balaban J connectivity index is 1.44. The highest BCUT2D eigenvalue weighted by atomic mass is 19.1. The molecule has 0 aromatic heterocycles. The molecule has 0 spiro atoms. The van der Waals surface area contributed by atoms with Crippen molar-refractivity contribution in [2.24, 2.45) is 0 Å². The monoisotopic (exact) mass is 460 g/mol. The molecule has 1 aliphatic carbocycles. The average molecular weight is 460 g/mol. The Kier molecular flexibility index (Phi) is 6.68. The minimum Gasteiger partial charge on any atom is -0.478 e. The fraction of sp³-hybridized carbons (Fsp3) is 0.115. The third-order valence-electron chi connectivity index (χ3n) is 5.45. The van der Waals surface area contributed by atoms with Gasteiger partial charge in [-0.05, 0) is 40.5 Å². The maximum atomic E-state index is 13.8. The summed E-state index contributed by atoms with van der Waals surface area (Å²) in [6.07, 6.45) is 1.33. The topological polar surface area (TPSA) is 105 Å². The van der Waals surface area contributed by atoms with E-state index in [0.717, 1.165) is 40.5 Å². The molecule has 7 nitrogen and oxygen atoms in total. The standard InChI is InChI=1S/C26H21FN2O5/c27-16-11-12-23(21(14-16)25(32)28-13-5-10-24(30)31)29-26(33)34-15-22-19-8-3-1-6-17(19)18-7-2-4-9-20(18)22/h1-12,14,22H,13,15H2,(H,28,32)(H,29,33)(H,30,31)/b10-5+. The Morgan fingerprint density at radius 2 is 1.62 bits per heavy atom. The molecule has 0 bridgehead atoms. The van der Waals surface area contributed by atoms with Crippen molar-refractivity contribution in [2.45, 2.75) is 5.92 Å². The number of rotatable bonds is 7. The number of aliphatic carboxylic acids is 1. The summed E-state index contributed by atoms with van der Waals surface area (Å²) in [6, 6.07) is 19.2. The average Bonchev–Trinajstić information content (AvgIpc) is 3.15. The minimum atomic E-state index is -1.15. The van der Waals surface area contributed by atoms with Crippen LogP contribution in [0.1, 0.15) is 27.4 Å². The molecule has 1 aliphatic rings. The number of nitrogens with one attached hydrogen (secondary N) is 2. The lowest BCUT2D eigenvalue weighted by Gasteiger charge is -2.15. The van der Waals surface area contributed by atoms with Gasteiger partial charge in [-0.3, -0.25) is 10.1 Å². The van der Waals surface area contributed by atoms with Gasteiger partial charge in [-0.15, -0.1) is 0 Å². The molecule has 0 unspecified atom stereocenters. The lowest BCUT2D eigenvalue weighted by Crippen LogP contribution is -2.26. The molecule has 3 aromatic carbocycles. The van der Waals surface area contributed by atoms with Crippen molar-refractivity contribution in [3.05, 3.63) is 101 Å². The Morgan fingerprint density at radius 3 is 2.26 bits per heavy atom. The highest BCUT2D eigenvalue weighted by molar-refractivity contribution is 6.02. The van der Waals surface area contributed by atoms with Crippen molar-refractivity contribution in [3.8, 4) is 11.1 Å². The summed E-state index contributed by atoms with van der Waals surface area (Å²) < 4.78 is 19.2. The van der Waals surface area contributed by atoms with Crippen molar-refractivity contribution in [1.82, 2.24) is 5.32 Å². The van der Waals surface area contributed by atoms with Gasteiger partial charge in [-0.25, -0.2) is 14.0 Å². The number of hydrogen-bond donors (Lipinski definition) is 3. The van der Waals surface area contributed by atoms with Crippen molar-refractivity contribution < 1.29 is 28.6 Å². The molecule has 0 fully saturated rings. The van der Waals surface area contributed by atoms with E-state index >= 15 is 0 Å². The molecule has 0 aliphatic heterocycles. The van der Waals surface area contributed by atoms with Crippen LogP contribution in [0.4, 0.5) is 14.9 Å². The van der Waals surface area contributed by atoms with E-state index in [9.17, 15) is 18.8 Å². The van der Waals surface area contributed by atoms with E-state index < -0.39 is 23.8 Å². The number of carboxylic acid groups (broad SMARTS) is 1. The Labute approximate surface area is 194 Å². The van der Waals surface area contributed by atoms with Crippen LogP contribution in [0.2, 0.25) is 0 Å². The summed E-state index contributed by atoms with van der Waals surface area (Å²) >= 11 is 0. The summed E-state index contributed by atoms with van der Waals surface area (Å²) in [7, 11) is 0. The molecular weight excluding hydrogens is 439 g/mol. The molecule has 8 heteroatoms. The zero-order valence-electron chi connectivity index (χ0n) is 18.0. The van der Waals surface area contributed by atoms with Crippen LogP contribution >= 0.6 is 0 Å². The molecule has 0 saturated carbocycles. The van der Waals surface area contributed by atoms with E-state index in [1.165, 1.54) is 12.1 Å². The molecule has 172 valence electrons. The quantitative estimate of drug-likeness (QED) is 0.449. The molecule has 3 N–H and O–H groups in total. The van der Waals surface area contributed by atoms with E-state index in [-0.39, 0.29) is 30.3 Å². The Morgan fingerprint density at radius 1 is 0.971 bits per heavy atom. The van der Waals surface area contributed by atoms with Crippen molar-refractivity contribution in [3.63, 3.8) is 0 Å². The van der Waals surface area contributed by atoms with Gasteiger partial charge in [0.15, 0.2) is 0 Å². The molecule has 34 heavy (non-hydrogen) atoms. The van der Waals surface area contributed by atoms with Crippen molar-refractivity contribution in [1.29, 1.82) is 0 Å². The number of carbonyl (C=O) groups is 3. The van der Waals surface area contributed by atoms with Gasteiger partial charge in [0.2, 0.25) is 0 Å². The van der Waals surface area contributed by atoms with Crippen LogP contribution in [0.3, 0.4) is 0 Å². The van der Waals surface area contributed by atoms with E-state index in [0.29, 0.717) is 0 Å². The first kappa shape index (κ1) is 22.7. The second-order valence-corrected chi connectivity index (χ2v) is 7.59. The predicted molar refractivity (Wildman–Crippen MR) is 124 cm³/mol. The maximum absolute atomic E-state index is 13.8. The Hall–Kier alpha value is -4.46. The minimum absolute atomic E-state index is 0.0679. The van der Waals surface area contributed by atoms with Gasteiger partial charge in [-0.1, -0.05) is 54.6 Å². The van der Waals surface area contributed by atoms with E-state index in [2.05, 4.69) is 10.6 Å². The third-order valence-corrected chi connectivity index (χ3v) is 5.45. The van der Waals surface area contributed by atoms with Crippen LogP contribution in [0.15, 0.2) is 78.9 Å². The molecule has 0 heterocycles. The normalized spacial score (nSPS) is 12.1. The van der Waals surface area contributed by atoms with Crippen LogP contribution in [0.25, 0.3) is 11.1 Å². The van der Waals surface area contributed by atoms with Crippen LogP contribution in [-0.2, 0) is 9.53 Å². The van der Waals surface area contributed by atoms with Crippen molar-refractivity contribution in [2.75, 3.05) is 18.5 Å². The van der Waals surface area contributed by atoms with Crippen LogP contribution in [0.5, 0.6) is 0 Å². The molecule has 0 radical (unpaired) electrons. The second-order valence-electron chi connectivity index (χ2n) is 7.59. The number of amides is 2. The number of fused-ring (bicyclic) bond motifs is 3. The van der Waals surface area contributed by atoms with Gasteiger partial charge in [0.25, 0.3) is 5.91 Å². The number of halogens is 1. The zero-order chi connectivity index (χ0) is 24.1. The van der Waals surface area contributed by atoms with Crippen LogP contribution in [0, 0.1) is 5.82 Å². The predicted octanol–water partition coefficient (Wildman–Crippen LogP) is 4.56. The van der Waals surface area contributed by atoms with Gasteiger partial charge in [0.05, 0.1) is 11.3 Å². The highest BCUT2D eigenvalue weighted by Gasteiger charge is 2.29. The van der Waals surface area contributed by atoms with Crippen molar-refractivity contribution >= 4 is 23.7 Å². The fourth-order valence-corrected chi connectivity index (χ4v) is 3.96. The molecule has 2 amide bonds. The number of benzene rings is 3. The first-order chi connectivity index (χ1) is 16.4. The summed E-state index contributed by atoms with van der Waals surface area (Å²) in [5.74, 6) is -2.62. The molecular formula is C26H21FN2O5. The fourth-order valence-electron chi connectivity index (χ4n) is 3.96.